The Morgan fingerprint density at radius 3 is 2.62 bits per heavy atom. The third-order valence-electron chi connectivity index (χ3n) is 6.38. The van der Waals surface area contributed by atoms with E-state index in [-0.39, 0.29) is 17.5 Å². The van der Waals surface area contributed by atoms with Gasteiger partial charge in [-0.2, -0.15) is 8.42 Å². The van der Waals surface area contributed by atoms with E-state index in [2.05, 4.69) is 9.88 Å². The molecule has 2 aliphatic heterocycles. The molecule has 3 aromatic rings. The van der Waals surface area contributed by atoms with E-state index < -0.39 is 10.0 Å². The van der Waals surface area contributed by atoms with Crippen LogP contribution in [-0.4, -0.2) is 68.6 Å². The van der Waals surface area contributed by atoms with Crippen molar-refractivity contribution in [2.45, 2.75) is 18.0 Å². The predicted octanol–water partition coefficient (Wildman–Crippen LogP) is 1.99. The molecule has 0 radical (unpaired) electrons. The summed E-state index contributed by atoms with van der Waals surface area (Å²) in [5.74, 6) is 0.748. The summed E-state index contributed by atoms with van der Waals surface area (Å²) >= 11 is 0. The van der Waals surface area contributed by atoms with E-state index in [1.165, 1.54) is 16.8 Å². The largest absolute Gasteiger partial charge is 0.497 e. The Kier molecular flexibility index (Phi) is 5.91. The Bertz CT molecular complexity index is 1300. The Balaban J connectivity index is 1.21. The number of fused-ring (bicyclic) bond motifs is 1. The van der Waals surface area contributed by atoms with Gasteiger partial charge in [-0.1, -0.05) is 24.3 Å². The van der Waals surface area contributed by atoms with E-state index in [0.717, 1.165) is 30.1 Å². The minimum absolute atomic E-state index is 0.0418. The Morgan fingerprint density at radius 2 is 1.82 bits per heavy atom. The number of nitrogens with zero attached hydrogens (tertiary/aromatic N) is 5. The molecular weight excluding hydrogens is 454 g/mol. The standard InChI is InChI=1S/C24H27N5O4S/c1-33-21-7-4-6-20(15-21)27-11-13-28(14-12-27)24(30)17-26-16-23(25-18-26)34(31,32)29-10-9-19-5-2-3-8-22(19)29/h2-8,15-16,18H,9-14,17H2,1H3. The highest BCUT2D eigenvalue weighted by atomic mass is 32.2. The molecule has 0 atom stereocenters. The first-order chi connectivity index (χ1) is 16.5. The molecule has 0 bridgehead atoms. The zero-order valence-corrected chi connectivity index (χ0v) is 19.8. The van der Waals surface area contributed by atoms with Gasteiger partial charge in [-0.25, -0.2) is 4.98 Å². The summed E-state index contributed by atoms with van der Waals surface area (Å²) in [6.07, 6.45) is 3.54. The maximum absolute atomic E-state index is 13.2. The number of benzene rings is 2. The molecule has 1 amide bonds. The fourth-order valence-electron chi connectivity index (χ4n) is 4.51. The minimum Gasteiger partial charge on any atom is -0.497 e. The lowest BCUT2D eigenvalue weighted by Gasteiger charge is -2.36. The van der Waals surface area contributed by atoms with Gasteiger partial charge in [0.2, 0.25) is 5.91 Å². The average molecular weight is 482 g/mol. The van der Waals surface area contributed by atoms with Crippen LogP contribution in [0.1, 0.15) is 5.56 Å². The van der Waals surface area contributed by atoms with Crippen LogP contribution in [0.15, 0.2) is 66.1 Å². The molecule has 0 saturated carbocycles. The number of hydrogen-bond donors (Lipinski definition) is 0. The van der Waals surface area contributed by atoms with Crippen molar-refractivity contribution in [3.8, 4) is 5.75 Å². The average Bonchev–Trinajstić information content (AvgIpc) is 3.52. The van der Waals surface area contributed by atoms with Crippen molar-refractivity contribution in [3.63, 3.8) is 0 Å². The van der Waals surface area contributed by atoms with Gasteiger partial charge >= 0.3 is 0 Å². The van der Waals surface area contributed by atoms with Crippen LogP contribution in [0.3, 0.4) is 0 Å². The number of carbonyl (C=O) groups excluding carboxylic acids is 1. The second kappa shape index (κ2) is 9.02. The highest BCUT2D eigenvalue weighted by Crippen LogP contribution is 2.32. The number of piperazine rings is 1. The summed E-state index contributed by atoms with van der Waals surface area (Å²) in [5, 5.41) is -0.0418. The van der Waals surface area contributed by atoms with Crippen LogP contribution in [0.4, 0.5) is 11.4 Å². The number of aromatic nitrogens is 2. The molecule has 178 valence electrons. The zero-order chi connectivity index (χ0) is 23.7. The number of hydrogen-bond acceptors (Lipinski definition) is 6. The second-order valence-corrected chi connectivity index (χ2v) is 10.2. The maximum Gasteiger partial charge on any atom is 0.283 e. The first-order valence-corrected chi connectivity index (χ1v) is 12.7. The van der Waals surface area contributed by atoms with E-state index in [1.54, 1.807) is 11.7 Å². The highest BCUT2D eigenvalue weighted by molar-refractivity contribution is 7.92. The van der Waals surface area contributed by atoms with E-state index in [4.69, 9.17) is 4.74 Å². The molecule has 3 heterocycles. The van der Waals surface area contributed by atoms with Gasteiger partial charge in [0.15, 0.2) is 5.03 Å². The van der Waals surface area contributed by atoms with Crippen molar-refractivity contribution in [2.75, 3.05) is 49.0 Å². The fraction of sp³-hybridized carbons (Fsp3) is 0.333. The van der Waals surface area contributed by atoms with Crippen molar-refractivity contribution in [2.24, 2.45) is 0 Å². The molecule has 1 aromatic heterocycles. The molecular formula is C24H27N5O4S. The number of ether oxygens (including phenoxy) is 1. The van der Waals surface area contributed by atoms with Gasteiger partial charge in [0.1, 0.15) is 12.3 Å². The third-order valence-corrected chi connectivity index (χ3v) is 8.08. The van der Waals surface area contributed by atoms with Crippen LogP contribution in [-0.2, 0) is 27.8 Å². The number of imidazole rings is 1. The minimum atomic E-state index is -3.78. The van der Waals surface area contributed by atoms with Crippen LogP contribution >= 0.6 is 0 Å². The molecule has 10 heteroatoms. The molecule has 5 rings (SSSR count). The van der Waals surface area contributed by atoms with Gasteiger partial charge in [-0.3, -0.25) is 9.10 Å². The quantitative estimate of drug-likeness (QED) is 0.535. The van der Waals surface area contributed by atoms with Crippen molar-refractivity contribution in [1.29, 1.82) is 0 Å². The predicted molar refractivity (Wildman–Crippen MR) is 129 cm³/mol. The molecule has 1 saturated heterocycles. The summed E-state index contributed by atoms with van der Waals surface area (Å²) < 4.78 is 34.6. The molecule has 34 heavy (non-hydrogen) atoms. The number of rotatable bonds is 6. The molecule has 1 fully saturated rings. The zero-order valence-electron chi connectivity index (χ0n) is 19.0. The topological polar surface area (TPSA) is 88.0 Å². The Hall–Kier alpha value is -3.53. The number of carbonyl (C=O) groups is 1. The molecule has 2 aromatic carbocycles. The smallest absolute Gasteiger partial charge is 0.283 e. The monoisotopic (exact) mass is 481 g/mol. The lowest BCUT2D eigenvalue weighted by Crippen LogP contribution is -2.49. The molecule has 0 unspecified atom stereocenters. The van der Waals surface area contributed by atoms with Gasteiger partial charge in [0, 0.05) is 50.7 Å². The summed E-state index contributed by atoms with van der Waals surface area (Å²) in [4.78, 5) is 21.0. The number of sulfonamides is 1. The lowest BCUT2D eigenvalue weighted by molar-refractivity contribution is -0.132. The number of methoxy groups -OCH3 is 1. The number of amides is 1. The van der Waals surface area contributed by atoms with E-state index >= 15 is 0 Å². The summed E-state index contributed by atoms with van der Waals surface area (Å²) in [5.41, 5.74) is 2.77. The molecule has 2 aliphatic rings. The van der Waals surface area contributed by atoms with E-state index in [0.29, 0.717) is 31.7 Å². The normalized spacial score (nSPS) is 16.0. The van der Waals surface area contributed by atoms with Crippen molar-refractivity contribution >= 4 is 27.3 Å². The van der Waals surface area contributed by atoms with Gasteiger partial charge < -0.3 is 19.1 Å². The number of anilines is 2. The maximum atomic E-state index is 13.2. The van der Waals surface area contributed by atoms with Crippen LogP contribution < -0.4 is 13.9 Å². The van der Waals surface area contributed by atoms with Crippen molar-refractivity contribution < 1.29 is 17.9 Å². The Labute approximate surface area is 199 Å². The first-order valence-electron chi connectivity index (χ1n) is 11.2. The second-order valence-electron chi connectivity index (χ2n) is 8.41. The van der Waals surface area contributed by atoms with Crippen molar-refractivity contribution in [3.05, 3.63) is 66.6 Å². The van der Waals surface area contributed by atoms with Crippen LogP contribution in [0.5, 0.6) is 5.75 Å². The van der Waals surface area contributed by atoms with Crippen molar-refractivity contribution in [1.82, 2.24) is 14.5 Å². The van der Waals surface area contributed by atoms with Gasteiger partial charge in [-0.15, -0.1) is 0 Å². The highest BCUT2D eigenvalue weighted by Gasteiger charge is 2.32. The van der Waals surface area contributed by atoms with Crippen LogP contribution in [0.25, 0.3) is 0 Å². The fourth-order valence-corrected chi connectivity index (χ4v) is 5.95. The molecule has 0 spiro atoms. The van der Waals surface area contributed by atoms with E-state index in [9.17, 15) is 13.2 Å². The third kappa shape index (κ3) is 4.21. The lowest BCUT2D eigenvalue weighted by atomic mass is 10.2. The van der Waals surface area contributed by atoms with E-state index in [1.807, 2.05) is 53.4 Å². The Morgan fingerprint density at radius 1 is 1.03 bits per heavy atom. The summed E-state index contributed by atoms with van der Waals surface area (Å²) in [7, 11) is -2.13. The molecule has 9 nitrogen and oxygen atoms in total. The van der Waals surface area contributed by atoms with Gasteiger partial charge in [0.05, 0.1) is 19.1 Å². The summed E-state index contributed by atoms with van der Waals surface area (Å²) in [6, 6.07) is 15.4. The summed E-state index contributed by atoms with van der Waals surface area (Å²) in [6.45, 7) is 3.08. The first kappa shape index (κ1) is 22.3. The van der Waals surface area contributed by atoms with Crippen LogP contribution in [0, 0.1) is 0 Å². The van der Waals surface area contributed by atoms with Gasteiger partial charge in [-0.05, 0) is 30.2 Å². The van der Waals surface area contributed by atoms with Crippen LogP contribution in [0.2, 0.25) is 0 Å². The van der Waals surface area contributed by atoms with Gasteiger partial charge in [0.25, 0.3) is 10.0 Å². The molecule has 0 aliphatic carbocycles. The SMILES string of the molecule is COc1cccc(N2CCN(C(=O)Cn3cnc(S(=O)(=O)N4CCc5ccccc54)c3)CC2)c1. The molecule has 0 N–H and O–H groups in total. The number of para-hydroxylation sites is 1.